The first-order valence-electron chi connectivity index (χ1n) is 9.26. The molecule has 27 heavy (non-hydrogen) atoms. The van der Waals surface area contributed by atoms with Gasteiger partial charge in [-0.15, -0.1) is 0 Å². The third-order valence-electron chi connectivity index (χ3n) is 5.14. The highest BCUT2D eigenvalue weighted by molar-refractivity contribution is 5.86. The van der Waals surface area contributed by atoms with Gasteiger partial charge in [-0.05, 0) is 28.8 Å². The van der Waals surface area contributed by atoms with Crippen molar-refractivity contribution >= 4 is 16.9 Å². The summed E-state index contributed by atoms with van der Waals surface area (Å²) in [6.45, 7) is 2.12. The SMILES string of the molecule is C[C@@H](c1cccc2ccccc12)N(C(=O)OCc1ccccc1)[C@@H]1C[C@H]1F. The van der Waals surface area contributed by atoms with Crippen LogP contribution >= 0.6 is 0 Å². The molecule has 0 bridgehead atoms. The number of rotatable bonds is 5. The maximum absolute atomic E-state index is 13.9. The van der Waals surface area contributed by atoms with Gasteiger partial charge in [0.05, 0.1) is 12.1 Å². The molecule has 3 aromatic rings. The van der Waals surface area contributed by atoms with E-state index < -0.39 is 18.3 Å². The van der Waals surface area contributed by atoms with Gasteiger partial charge in [-0.1, -0.05) is 72.8 Å². The van der Waals surface area contributed by atoms with E-state index in [1.54, 1.807) is 4.90 Å². The lowest BCUT2D eigenvalue weighted by Crippen LogP contribution is -2.37. The van der Waals surface area contributed by atoms with E-state index in [9.17, 15) is 9.18 Å². The molecule has 1 fully saturated rings. The van der Waals surface area contributed by atoms with E-state index >= 15 is 0 Å². The molecule has 4 rings (SSSR count). The highest BCUT2D eigenvalue weighted by atomic mass is 19.1. The Kier molecular flexibility index (Phi) is 4.80. The number of halogens is 1. The van der Waals surface area contributed by atoms with Crippen LogP contribution in [0.15, 0.2) is 72.8 Å². The second-order valence-corrected chi connectivity index (χ2v) is 7.01. The quantitative estimate of drug-likeness (QED) is 0.586. The second-order valence-electron chi connectivity index (χ2n) is 7.01. The van der Waals surface area contributed by atoms with Gasteiger partial charge in [0.1, 0.15) is 12.8 Å². The van der Waals surface area contributed by atoms with Gasteiger partial charge >= 0.3 is 6.09 Å². The number of ether oxygens (including phenoxy) is 1. The topological polar surface area (TPSA) is 29.5 Å². The normalized spacial score (nSPS) is 19.5. The molecule has 0 aromatic heterocycles. The second kappa shape index (κ2) is 7.39. The van der Waals surface area contributed by atoms with Crippen molar-refractivity contribution in [3.63, 3.8) is 0 Å². The van der Waals surface area contributed by atoms with Crippen LogP contribution in [0.1, 0.15) is 30.5 Å². The zero-order valence-corrected chi connectivity index (χ0v) is 15.2. The van der Waals surface area contributed by atoms with Gasteiger partial charge in [-0.2, -0.15) is 0 Å². The number of carbonyl (C=O) groups is 1. The summed E-state index contributed by atoms with van der Waals surface area (Å²) in [5.41, 5.74) is 1.92. The van der Waals surface area contributed by atoms with Crippen LogP contribution in [0.5, 0.6) is 0 Å². The Balaban J connectivity index is 1.59. The van der Waals surface area contributed by atoms with E-state index in [0.29, 0.717) is 6.42 Å². The Morgan fingerprint density at radius 2 is 1.74 bits per heavy atom. The van der Waals surface area contributed by atoms with E-state index in [1.807, 2.05) is 79.7 Å². The molecule has 3 atom stereocenters. The van der Waals surface area contributed by atoms with Gasteiger partial charge < -0.3 is 4.74 Å². The van der Waals surface area contributed by atoms with E-state index in [2.05, 4.69) is 0 Å². The maximum atomic E-state index is 13.9. The van der Waals surface area contributed by atoms with E-state index in [4.69, 9.17) is 4.74 Å². The molecule has 1 aliphatic rings. The third kappa shape index (κ3) is 3.65. The molecule has 1 amide bonds. The molecule has 1 aliphatic carbocycles. The molecular formula is C23H22FNO2. The predicted octanol–water partition coefficient (Wildman–Crippen LogP) is 5.65. The lowest BCUT2D eigenvalue weighted by atomic mass is 9.99. The molecule has 0 radical (unpaired) electrons. The number of hydrogen-bond acceptors (Lipinski definition) is 2. The molecule has 1 saturated carbocycles. The number of amides is 1. The maximum Gasteiger partial charge on any atom is 0.410 e. The van der Waals surface area contributed by atoms with Crippen LogP contribution in [0, 0.1) is 0 Å². The molecule has 0 N–H and O–H groups in total. The van der Waals surface area contributed by atoms with Crippen molar-refractivity contribution in [1.29, 1.82) is 0 Å². The minimum atomic E-state index is -0.980. The van der Waals surface area contributed by atoms with Crippen LogP contribution in [0.3, 0.4) is 0 Å². The zero-order chi connectivity index (χ0) is 18.8. The summed E-state index contributed by atoms with van der Waals surface area (Å²) in [6, 6.07) is 22.9. The van der Waals surface area contributed by atoms with Crippen LogP contribution in [0.4, 0.5) is 9.18 Å². The molecule has 0 spiro atoms. The number of alkyl halides is 1. The summed E-state index contributed by atoms with van der Waals surface area (Å²) in [6.07, 6.45) is -1.08. The monoisotopic (exact) mass is 363 g/mol. The van der Waals surface area contributed by atoms with Crippen LogP contribution in [-0.4, -0.2) is 23.2 Å². The lowest BCUT2D eigenvalue weighted by molar-refractivity contribution is 0.0763. The summed E-state index contributed by atoms with van der Waals surface area (Å²) >= 11 is 0. The number of hydrogen-bond donors (Lipinski definition) is 0. The van der Waals surface area contributed by atoms with Crippen molar-refractivity contribution in [1.82, 2.24) is 4.90 Å². The summed E-state index contributed by atoms with van der Waals surface area (Å²) in [5, 5.41) is 2.18. The van der Waals surface area contributed by atoms with Crippen LogP contribution in [0.2, 0.25) is 0 Å². The minimum absolute atomic E-state index is 0.183. The summed E-state index contributed by atoms with van der Waals surface area (Å²) in [5.74, 6) is 0. The first kappa shape index (κ1) is 17.5. The number of benzene rings is 3. The van der Waals surface area contributed by atoms with Crippen LogP contribution in [-0.2, 0) is 11.3 Å². The molecule has 138 valence electrons. The van der Waals surface area contributed by atoms with Crippen LogP contribution < -0.4 is 0 Å². The molecule has 0 saturated heterocycles. The molecule has 0 heterocycles. The van der Waals surface area contributed by atoms with Gasteiger partial charge in [0.25, 0.3) is 0 Å². The Morgan fingerprint density at radius 1 is 1.07 bits per heavy atom. The molecular weight excluding hydrogens is 341 g/mol. The molecule has 4 heteroatoms. The highest BCUT2D eigenvalue weighted by Crippen LogP contribution is 2.39. The van der Waals surface area contributed by atoms with E-state index in [0.717, 1.165) is 21.9 Å². The van der Waals surface area contributed by atoms with Gasteiger partial charge in [-0.3, -0.25) is 4.90 Å². The largest absolute Gasteiger partial charge is 0.445 e. The Labute approximate surface area is 158 Å². The standard InChI is InChI=1S/C23H22FNO2/c1-16(19-13-7-11-18-10-5-6-12-20(18)19)25(22-14-21(22)24)23(26)27-15-17-8-3-2-4-9-17/h2-13,16,21-22H,14-15H2,1H3/t16-,21+,22+/m0/s1. The molecule has 3 nitrogen and oxygen atoms in total. The van der Waals surface area contributed by atoms with Crippen LogP contribution in [0.25, 0.3) is 10.8 Å². The van der Waals surface area contributed by atoms with Crippen molar-refractivity contribution in [3.8, 4) is 0 Å². The first-order chi connectivity index (χ1) is 13.1. The molecule has 3 aromatic carbocycles. The molecule has 0 unspecified atom stereocenters. The van der Waals surface area contributed by atoms with Gasteiger partial charge in [0, 0.05) is 6.42 Å². The average Bonchev–Trinajstić information content (AvgIpc) is 3.42. The summed E-state index contributed by atoms with van der Waals surface area (Å²) < 4.78 is 19.4. The fourth-order valence-electron chi connectivity index (χ4n) is 3.58. The van der Waals surface area contributed by atoms with Crippen molar-refractivity contribution in [2.24, 2.45) is 0 Å². The predicted molar refractivity (Wildman–Crippen MR) is 104 cm³/mol. The van der Waals surface area contributed by atoms with E-state index in [1.165, 1.54) is 0 Å². The fraction of sp³-hybridized carbons (Fsp3) is 0.261. The van der Waals surface area contributed by atoms with Gasteiger partial charge in [-0.25, -0.2) is 9.18 Å². The van der Waals surface area contributed by atoms with Crippen molar-refractivity contribution in [2.45, 2.75) is 38.2 Å². The smallest absolute Gasteiger partial charge is 0.410 e. The van der Waals surface area contributed by atoms with Gasteiger partial charge in [0.2, 0.25) is 0 Å². The minimum Gasteiger partial charge on any atom is -0.445 e. The van der Waals surface area contributed by atoms with Crippen molar-refractivity contribution in [2.75, 3.05) is 0 Å². The summed E-state index contributed by atoms with van der Waals surface area (Å²) in [7, 11) is 0. The Hall–Kier alpha value is -2.88. The lowest BCUT2D eigenvalue weighted by Gasteiger charge is -2.29. The average molecular weight is 363 g/mol. The number of fused-ring (bicyclic) bond motifs is 1. The highest BCUT2D eigenvalue weighted by Gasteiger charge is 2.47. The first-order valence-corrected chi connectivity index (χ1v) is 9.26. The van der Waals surface area contributed by atoms with Gasteiger partial charge in [0.15, 0.2) is 0 Å². The number of nitrogens with zero attached hydrogens (tertiary/aromatic N) is 1. The Morgan fingerprint density at radius 3 is 2.48 bits per heavy atom. The zero-order valence-electron chi connectivity index (χ0n) is 15.2. The number of carbonyl (C=O) groups excluding carboxylic acids is 1. The fourth-order valence-corrected chi connectivity index (χ4v) is 3.58. The van der Waals surface area contributed by atoms with E-state index in [-0.39, 0.29) is 12.6 Å². The molecule has 0 aliphatic heterocycles. The van der Waals surface area contributed by atoms with Crippen molar-refractivity contribution in [3.05, 3.63) is 83.9 Å². The van der Waals surface area contributed by atoms with Crippen molar-refractivity contribution < 1.29 is 13.9 Å². The third-order valence-corrected chi connectivity index (χ3v) is 5.14. The summed E-state index contributed by atoms with van der Waals surface area (Å²) in [4.78, 5) is 14.4. The Bertz CT molecular complexity index is 938.